The SMILES string of the molecule is O=C(O)[C@H](c1ccc2c(c1)OCCO2)N1CCCN(Cc2cccnc2)CC1. The molecule has 0 saturated carbocycles. The van der Waals surface area contributed by atoms with E-state index in [9.17, 15) is 9.90 Å². The van der Waals surface area contributed by atoms with Crippen molar-refractivity contribution in [2.75, 3.05) is 39.4 Å². The third kappa shape index (κ3) is 4.26. The number of fused-ring (bicyclic) bond motifs is 1. The fourth-order valence-corrected chi connectivity index (χ4v) is 3.90. The van der Waals surface area contributed by atoms with Crippen LogP contribution < -0.4 is 9.47 Å². The van der Waals surface area contributed by atoms with Gasteiger partial charge in [0.15, 0.2) is 11.5 Å². The average Bonchev–Trinajstić information content (AvgIpc) is 2.94. The van der Waals surface area contributed by atoms with Crippen LogP contribution in [0.4, 0.5) is 0 Å². The number of pyridine rings is 1. The van der Waals surface area contributed by atoms with Crippen molar-refractivity contribution in [2.24, 2.45) is 0 Å². The summed E-state index contributed by atoms with van der Waals surface area (Å²) < 4.78 is 11.2. The zero-order valence-electron chi connectivity index (χ0n) is 15.8. The van der Waals surface area contributed by atoms with Crippen molar-refractivity contribution in [2.45, 2.75) is 19.0 Å². The molecule has 28 heavy (non-hydrogen) atoms. The summed E-state index contributed by atoms with van der Waals surface area (Å²) in [5, 5.41) is 9.94. The maximum absolute atomic E-state index is 12.1. The minimum absolute atomic E-state index is 0.487. The molecule has 2 aliphatic rings. The third-order valence-electron chi connectivity index (χ3n) is 5.23. The average molecular weight is 383 g/mol. The van der Waals surface area contributed by atoms with Gasteiger partial charge in [0.2, 0.25) is 0 Å². The molecule has 4 rings (SSSR count). The quantitative estimate of drug-likeness (QED) is 0.848. The number of carboxylic acids is 1. The van der Waals surface area contributed by atoms with E-state index < -0.39 is 12.0 Å². The van der Waals surface area contributed by atoms with Crippen molar-refractivity contribution in [3.05, 3.63) is 53.9 Å². The van der Waals surface area contributed by atoms with E-state index in [2.05, 4.69) is 20.9 Å². The Morgan fingerprint density at radius 1 is 1.11 bits per heavy atom. The number of carbonyl (C=O) groups is 1. The molecule has 1 aromatic carbocycles. The highest BCUT2D eigenvalue weighted by molar-refractivity contribution is 5.76. The molecule has 0 radical (unpaired) electrons. The number of aliphatic carboxylic acids is 1. The van der Waals surface area contributed by atoms with E-state index in [0.717, 1.165) is 38.2 Å². The Morgan fingerprint density at radius 3 is 2.75 bits per heavy atom. The van der Waals surface area contributed by atoms with Gasteiger partial charge in [-0.15, -0.1) is 0 Å². The highest BCUT2D eigenvalue weighted by atomic mass is 16.6. The number of aromatic nitrogens is 1. The van der Waals surface area contributed by atoms with Crippen LogP contribution in [-0.4, -0.2) is 65.3 Å². The van der Waals surface area contributed by atoms with Gasteiger partial charge in [-0.1, -0.05) is 12.1 Å². The molecule has 2 aromatic rings. The highest BCUT2D eigenvalue weighted by Crippen LogP contribution is 2.34. The van der Waals surface area contributed by atoms with Crippen LogP contribution in [0.1, 0.15) is 23.6 Å². The summed E-state index contributed by atoms with van der Waals surface area (Å²) in [7, 11) is 0. The predicted octanol–water partition coefficient (Wildman–Crippen LogP) is 2.19. The Kier molecular flexibility index (Phi) is 5.73. The first kappa shape index (κ1) is 18.7. The molecule has 0 spiro atoms. The molecule has 148 valence electrons. The van der Waals surface area contributed by atoms with Crippen LogP contribution in [0.15, 0.2) is 42.7 Å². The minimum atomic E-state index is -0.836. The first-order valence-electron chi connectivity index (χ1n) is 9.68. The number of hydrogen-bond donors (Lipinski definition) is 1. The molecule has 2 aliphatic heterocycles. The molecule has 0 bridgehead atoms. The Hall–Kier alpha value is -2.64. The molecular formula is C21H25N3O4. The lowest BCUT2D eigenvalue weighted by atomic mass is 10.0. The van der Waals surface area contributed by atoms with E-state index in [1.165, 1.54) is 5.56 Å². The van der Waals surface area contributed by atoms with Crippen LogP contribution in [0.2, 0.25) is 0 Å². The number of carboxylic acid groups (broad SMARTS) is 1. The van der Waals surface area contributed by atoms with E-state index in [1.807, 2.05) is 30.5 Å². The monoisotopic (exact) mass is 383 g/mol. The van der Waals surface area contributed by atoms with Crippen molar-refractivity contribution in [3.8, 4) is 11.5 Å². The number of ether oxygens (including phenoxy) is 2. The highest BCUT2D eigenvalue weighted by Gasteiger charge is 2.30. The summed E-state index contributed by atoms with van der Waals surface area (Å²) in [6, 6.07) is 8.80. The Balaban J connectivity index is 1.47. The van der Waals surface area contributed by atoms with E-state index in [4.69, 9.17) is 9.47 Å². The van der Waals surface area contributed by atoms with Gasteiger partial charge >= 0.3 is 5.97 Å². The molecular weight excluding hydrogens is 358 g/mol. The largest absolute Gasteiger partial charge is 0.486 e. The lowest BCUT2D eigenvalue weighted by Crippen LogP contribution is -2.37. The summed E-state index contributed by atoms with van der Waals surface area (Å²) in [4.78, 5) is 20.7. The van der Waals surface area contributed by atoms with Crippen molar-refractivity contribution in [3.63, 3.8) is 0 Å². The molecule has 0 amide bonds. The van der Waals surface area contributed by atoms with Crippen LogP contribution >= 0.6 is 0 Å². The van der Waals surface area contributed by atoms with Crippen LogP contribution in [0.3, 0.4) is 0 Å². The topological polar surface area (TPSA) is 75.1 Å². The summed E-state index contributed by atoms with van der Waals surface area (Å²) in [5.74, 6) is 0.470. The second-order valence-electron chi connectivity index (χ2n) is 7.17. The molecule has 1 fully saturated rings. The van der Waals surface area contributed by atoms with Gasteiger partial charge in [-0.25, -0.2) is 0 Å². The summed E-state index contributed by atoms with van der Waals surface area (Å²) in [6.07, 6.45) is 4.59. The molecule has 3 heterocycles. The lowest BCUT2D eigenvalue weighted by Gasteiger charge is -2.29. The Bertz CT molecular complexity index is 815. The van der Waals surface area contributed by atoms with Crippen molar-refractivity contribution in [1.29, 1.82) is 0 Å². The van der Waals surface area contributed by atoms with Gasteiger partial charge in [0.05, 0.1) is 0 Å². The van der Waals surface area contributed by atoms with Crippen LogP contribution in [0.5, 0.6) is 11.5 Å². The van der Waals surface area contributed by atoms with E-state index in [1.54, 1.807) is 6.20 Å². The predicted molar refractivity (Wildman–Crippen MR) is 104 cm³/mol. The molecule has 1 atom stereocenters. The van der Waals surface area contributed by atoms with Gasteiger partial charge in [0.1, 0.15) is 19.3 Å². The zero-order chi connectivity index (χ0) is 19.3. The van der Waals surface area contributed by atoms with Crippen LogP contribution in [0.25, 0.3) is 0 Å². The fraction of sp³-hybridized carbons (Fsp3) is 0.429. The van der Waals surface area contributed by atoms with Gasteiger partial charge in [-0.2, -0.15) is 0 Å². The number of rotatable bonds is 5. The molecule has 1 N–H and O–H groups in total. The molecule has 0 unspecified atom stereocenters. The molecule has 7 heteroatoms. The third-order valence-corrected chi connectivity index (χ3v) is 5.23. The van der Waals surface area contributed by atoms with Crippen molar-refractivity contribution < 1.29 is 19.4 Å². The van der Waals surface area contributed by atoms with Crippen LogP contribution in [0, 0.1) is 0 Å². The van der Waals surface area contributed by atoms with Gasteiger partial charge in [0, 0.05) is 38.6 Å². The van der Waals surface area contributed by atoms with Crippen molar-refractivity contribution >= 4 is 5.97 Å². The van der Waals surface area contributed by atoms with Gasteiger partial charge in [-0.3, -0.25) is 19.6 Å². The Labute approximate surface area is 164 Å². The number of benzene rings is 1. The van der Waals surface area contributed by atoms with Gasteiger partial charge in [-0.05, 0) is 42.3 Å². The van der Waals surface area contributed by atoms with E-state index in [0.29, 0.717) is 31.3 Å². The van der Waals surface area contributed by atoms with E-state index in [-0.39, 0.29) is 0 Å². The molecule has 1 aromatic heterocycles. The number of hydrogen-bond acceptors (Lipinski definition) is 6. The molecule has 1 saturated heterocycles. The lowest BCUT2D eigenvalue weighted by molar-refractivity contribution is -0.143. The van der Waals surface area contributed by atoms with Gasteiger partial charge in [0.25, 0.3) is 0 Å². The zero-order valence-corrected chi connectivity index (χ0v) is 15.8. The summed E-state index contributed by atoms with van der Waals surface area (Å²) in [5.41, 5.74) is 1.91. The maximum atomic E-state index is 12.1. The first-order chi connectivity index (χ1) is 13.7. The fourth-order valence-electron chi connectivity index (χ4n) is 3.90. The second-order valence-corrected chi connectivity index (χ2v) is 7.17. The first-order valence-corrected chi connectivity index (χ1v) is 9.68. The second kappa shape index (κ2) is 8.58. The van der Waals surface area contributed by atoms with Gasteiger partial charge < -0.3 is 14.6 Å². The summed E-state index contributed by atoms with van der Waals surface area (Å²) in [6.45, 7) is 5.06. The molecule has 0 aliphatic carbocycles. The standard InChI is InChI=1S/C21H25N3O4/c25-21(26)20(17-4-5-18-19(13-17)28-12-11-27-18)24-8-2-7-23(9-10-24)15-16-3-1-6-22-14-16/h1,3-6,13-14,20H,2,7-12,15H2,(H,25,26)/t20-/m0/s1. The van der Waals surface area contributed by atoms with Crippen LogP contribution in [-0.2, 0) is 11.3 Å². The van der Waals surface area contributed by atoms with Crippen molar-refractivity contribution in [1.82, 2.24) is 14.8 Å². The van der Waals surface area contributed by atoms with E-state index >= 15 is 0 Å². The smallest absolute Gasteiger partial charge is 0.325 e. The normalized spacial score (nSPS) is 19.0. The number of nitrogens with zero attached hydrogens (tertiary/aromatic N) is 3. The molecule has 7 nitrogen and oxygen atoms in total. The maximum Gasteiger partial charge on any atom is 0.325 e. The Morgan fingerprint density at radius 2 is 1.96 bits per heavy atom. The minimum Gasteiger partial charge on any atom is -0.486 e. The summed E-state index contributed by atoms with van der Waals surface area (Å²) >= 11 is 0.